The van der Waals surface area contributed by atoms with Gasteiger partial charge in [-0.25, -0.2) is 0 Å². The second-order valence-corrected chi connectivity index (χ2v) is 5.20. The number of halogens is 1. The normalized spacial score (nSPS) is 11.5. The van der Waals surface area contributed by atoms with Gasteiger partial charge in [-0.1, -0.05) is 23.7 Å². The number of aryl methyl sites for hydroxylation is 1. The molecule has 0 aliphatic heterocycles. The molecule has 4 nitrogen and oxygen atoms in total. The van der Waals surface area contributed by atoms with Crippen molar-refractivity contribution in [3.8, 4) is 0 Å². The first kappa shape index (κ1) is 17.8. The molecule has 0 aromatic heterocycles. The largest absolute Gasteiger partial charge is 0.385 e. The molecule has 0 unspecified atom stereocenters. The molecule has 0 radical (unpaired) electrons. The number of hydrogen-bond donors (Lipinski definition) is 2. The lowest BCUT2D eigenvalue weighted by Gasteiger charge is -2.11. The average molecular weight is 312 g/mol. The van der Waals surface area contributed by atoms with E-state index in [9.17, 15) is 0 Å². The van der Waals surface area contributed by atoms with Crippen LogP contribution in [0, 0.1) is 0 Å². The molecule has 0 heterocycles. The number of methoxy groups -OCH3 is 1. The van der Waals surface area contributed by atoms with Gasteiger partial charge in [0.2, 0.25) is 0 Å². The fraction of sp³-hybridized carbons (Fsp3) is 0.562. The standard InChI is InChI=1S/C16H26ClN3O/c1-3-18-16(20-12-5-13-21-2)19-11-4-6-14-7-9-15(17)10-8-14/h7-10H,3-6,11-13H2,1-2H3,(H2,18,19,20). The Bertz CT molecular complexity index is 406. The van der Waals surface area contributed by atoms with E-state index in [2.05, 4.69) is 34.7 Å². The number of hydrogen-bond acceptors (Lipinski definition) is 2. The molecule has 0 amide bonds. The summed E-state index contributed by atoms with van der Waals surface area (Å²) < 4.78 is 5.03. The third kappa shape index (κ3) is 8.58. The van der Waals surface area contributed by atoms with Gasteiger partial charge in [-0.15, -0.1) is 0 Å². The summed E-state index contributed by atoms with van der Waals surface area (Å²) >= 11 is 5.87. The molecular formula is C16H26ClN3O. The van der Waals surface area contributed by atoms with Gasteiger partial charge in [-0.05, 0) is 43.9 Å². The van der Waals surface area contributed by atoms with Gasteiger partial charge in [-0.3, -0.25) is 4.99 Å². The van der Waals surface area contributed by atoms with Crippen LogP contribution in [0.5, 0.6) is 0 Å². The molecule has 2 N–H and O–H groups in total. The van der Waals surface area contributed by atoms with Crippen LogP contribution in [0.4, 0.5) is 0 Å². The molecule has 0 bridgehead atoms. The van der Waals surface area contributed by atoms with Crippen molar-refractivity contribution in [3.05, 3.63) is 34.9 Å². The average Bonchev–Trinajstić information content (AvgIpc) is 2.49. The molecule has 0 saturated heterocycles. The van der Waals surface area contributed by atoms with E-state index in [-0.39, 0.29) is 0 Å². The first-order valence-corrected chi connectivity index (χ1v) is 7.89. The highest BCUT2D eigenvalue weighted by Crippen LogP contribution is 2.10. The summed E-state index contributed by atoms with van der Waals surface area (Å²) in [4.78, 5) is 4.57. The minimum atomic E-state index is 0.767. The van der Waals surface area contributed by atoms with Crippen LogP contribution in [0.15, 0.2) is 29.3 Å². The molecule has 0 fully saturated rings. The number of nitrogens with zero attached hydrogens (tertiary/aromatic N) is 1. The maximum atomic E-state index is 5.87. The second-order valence-electron chi connectivity index (χ2n) is 4.76. The molecular weight excluding hydrogens is 286 g/mol. The van der Waals surface area contributed by atoms with Crippen molar-refractivity contribution < 1.29 is 4.74 Å². The fourth-order valence-corrected chi connectivity index (χ4v) is 2.02. The van der Waals surface area contributed by atoms with Crippen molar-refractivity contribution in [1.29, 1.82) is 0 Å². The Morgan fingerprint density at radius 2 is 1.95 bits per heavy atom. The van der Waals surface area contributed by atoms with E-state index in [1.165, 1.54) is 5.56 Å². The zero-order valence-electron chi connectivity index (χ0n) is 13.0. The molecule has 21 heavy (non-hydrogen) atoms. The molecule has 1 aromatic carbocycles. The highest BCUT2D eigenvalue weighted by molar-refractivity contribution is 6.30. The van der Waals surface area contributed by atoms with Crippen LogP contribution in [-0.2, 0) is 11.2 Å². The maximum absolute atomic E-state index is 5.87. The molecule has 0 spiro atoms. The van der Waals surface area contributed by atoms with E-state index in [4.69, 9.17) is 16.3 Å². The number of ether oxygens (including phenoxy) is 1. The highest BCUT2D eigenvalue weighted by Gasteiger charge is 1.97. The van der Waals surface area contributed by atoms with Crippen LogP contribution >= 0.6 is 11.6 Å². The van der Waals surface area contributed by atoms with Gasteiger partial charge in [0.25, 0.3) is 0 Å². The number of benzene rings is 1. The topological polar surface area (TPSA) is 45.7 Å². The molecule has 1 rings (SSSR count). The third-order valence-corrected chi connectivity index (χ3v) is 3.22. The molecule has 0 aliphatic carbocycles. The highest BCUT2D eigenvalue weighted by atomic mass is 35.5. The van der Waals surface area contributed by atoms with E-state index >= 15 is 0 Å². The zero-order valence-corrected chi connectivity index (χ0v) is 13.7. The van der Waals surface area contributed by atoms with Crippen LogP contribution in [0.2, 0.25) is 5.02 Å². The van der Waals surface area contributed by atoms with Gasteiger partial charge >= 0.3 is 0 Å². The van der Waals surface area contributed by atoms with E-state index < -0.39 is 0 Å². The number of rotatable bonds is 9. The summed E-state index contributed by atoms with van der Waals surface area (Å²) in [6.07, 6.45) is 3.02. The van der Waals surface area contributed by atoms with Gasteiger partial charge < -0.3 is 15.4 Å². The van der Waals surface area contributed by atoms with E-state index in [1.54, 1.807) is 7.11 Å². The summed E-state index contributed by atoms with van der Waals surface area (Å²) in [5.41, 5.74) is 1.30. The van der Waals surface area contributed by atoms with E-state index in [0.29, 0.717) is 0 Å². The zero-order chi connectivity index (χ0) is 15.3. The summed E-state index contributed by atoms with van der Waals surface area (Å²) in [7, 11) is 1.72. The van der Waals surface area contributed by atoms with Crippen LogP contribution < -0.4 is 10.6 Å². The minimum Gasteiger partial charge on any atom is -0.385 e. The van der Waals surface area contributed by atoms with Crippen LogP contribution in [0.1, 0.15) is 25.3 Å². The Balaban J connectivity index is 2.27. The first-order chi connectivity index (χ1) is 10.3. The van der Waals surface area contributed by atoms with Gasteiger partial charge in [0.05, 0.1) is 0 Å². The van der Waals surface area contributed by atoms with Crippen molar-refractivity contribution in [2.45, 2.75) is 26.2 Å². The molecule has 5 heteroatoms. The quantitative estimate of drug-likeness (QED) is 0.419. The SMILES string of the molecule is CCNC(=NCCCc1ccc(Cl)cc1)NCCCOC. The lowest BCUT2D eigenvalue weighted by molar-refractivity contribution is 0.195. The fourth-order valence-electron chi connectivity index (χ4n) is 1.89. The molecule has 118 valence electrons. The Morgan fingerprint density at radius 1 is 1.19 bits per heavy atom. The monoisotopic (exact) mass is 311 g/mol. The lowest BCUT2D eigenvalue weighted by atomic mass is 10.1. The van der Waals surface area contributed by atoms with E-state index in [1.807, 2.05) is 12.1 Å². The van der Waals surface area contributed by atoms with Crippen LogP contribution in [-0.4, -0.2) is 39.3 Å². The Kier molecular flexibility index (Phi) is 9.66. The van der Waals surface area contributed by atoms with Crippen LogP contribution in [0.3, 0.4) is 0 Å². The third-order valence-electron chi connectivity index (χ3n) is 2.97. The predicted octanol–water partition coefficient (Wildman–Crippen LogP) is 2.86. The minimum absolute atomic E-state index is 0.767. The summed E-state index contributed by atoms with van der Waals surface area (Å²) in [5, 5.41) is 7.33. The molecule has 0 saturated carbocycles. The predicted molar refractivity (Wildman–Crippen MR) is 90.2 cm³/mol. The summed E-state index contributed by atoms with van der Waals surface area (Å²) in [5.74, 6) is 0.879. The van der Waals surface area contributed by atoms with Gasteiger partial charge in [0, 0.05) is 38.4 Å². The van der Waals surface area contributed by atoms with Gasteiger partial charge in [0.15, 0.2) is 5.96 Å². The van der Waals surface area contributed by atoms with E-state index in [0.717, 1.165) is 56.5 Å². The maximum Gasteiger partial charge on any atom is 0.191 e. The van der Waals surface area contributed by atoms with Crippen molar-refractivity contribution in [2.75, 3.05) is 33.4 Å². The molecule has 0 aliphatic rings. The number of guanidine groups is 1. The van der Waals surface area contributed by atoms with Crippen molar-refractivity contribution >= 4 is 17.6 Å². The van der Waals surface area contributed by atoms with Crippen molar-refractivity contribution in [3.63, 3.8) is 0 Å². The second kappa shape index (κ2) is 11.4. The van der Waals surface area contributed by atoms with Crippen LogP contribution in [0.25, 0.3) is 0 Å². The van der Waals surface area contributed by atoms with Crippen molar-refractivity contribution in [1.82, 2.24) is 10.6 Å². The smallest absolute Gasteiger partial charge is 0.191 e. The molecule has 0 atom stereocenters. The van der Waals surface area contributed by atoms with Gasteiger partial charge in [-0.2, -0.15) is 0 Å². The Morgan fingerprint density at radius 3 is 2.62 bits per heavy atom. The first-order valence-electron chi connectivity index (χ1n) is 7.51. The van der Waals surface area contributed by atoms with Crippen molar-refractivity contribution in [2.24, 2.45) is 4.99 Å². The summed E-state index contributed by atoms with van der Waals surface area (Å²) in [6.45, 7) is 5.38. The lowest BCUT2D eigenvalue weighted by Crippen LogP contribution is -2.38. The van der Waals surface area contributed by atoms with Gasteiger partial charge in [0.1, 0.15) is 0 Å². The Labute approximate surface area is 132 Å². The Hall–Kier alpha value is -1.26. The molecule has 1 aromatic rings. The number of aliphatic imine (C=N–C) groups is 1. The summed E-state index contributed by atoms with van der Waals surface area (Å²) in [6, 6.07) is 8.00. The number of nitrogens with one attached hydrogen (secondary N) is 2.